The summed E-state index contributed by atoms with van der Waals surface area (Å²) >= 11 is 6.25. The van der Waals surface area contributed by atoms with E-state index in [1.165, 1.54) is 19.2 Å². The van der Waals surface area contributed by atoms with Gasteiger partial charge in [-0.1, -0.05) is 35.5 Å². The summed E-state index contributed by atoms with van der Waals surface area (Å²) in [5, 5.41) is 2.98. The first kappa shape index (κ1) is 16.6. The van der Waals surface area contributed by atoms with Gasteiger partial charge in [-0.05, 0) is 30.3 Å². The van der Waals surface area contributed by atoms with Gasteiger partial charge in [0, 0.05) is 9.92 Å². The van der Waals surface area contributed by atoms with Crippen LogP contribution in [0.3, 0.4) is 0 Å². The van der Waals surface area contributed by atoms with Crippen molar-refractivity contribution in [2.45, 2.75) is 10.7 Å². The zero-order chi connectivity index (χ0) is 16.1. The largest absolute Gasteiger partial charge is 0.496 e. The maximum absolute atomic E-state index is 12.5. The molecule has 2 aromatic carbocycles. The molecule has 2 rings (SSSR count). The third-order valence-electron chi connectivity index (χ3n) is 2.76. The van der Waals surface area contributed by atoms with E-state index >= 15 is 0 Å². The van der Waals surface area contributed by atoms with Crippen molar-refractivity contribution in [3.05, 3.63) is 53.1 Å². The lowest BCUT2D eigenvalue weighted by molar-refractivity contribution is 0.102. The van der Waals surface area contributed by atoms with Crippen LogP contribution in [0.25, 0.3) is 0 Å². The average molecular weight is 344 g/mol. The lowest BCUT2D eigenvalue weighted by Gasteiger charge is -2.12. The highest BCUT2D eigenvalue weighted by atomic mass is 35.5. The third kappa shape index (κ3) is 4.11. The molecule has 3 nitrogen and oxygen atoms in total. The molecule has 7 heteroatoms. The molecule has 0 radical (unpaired) electrons. The van der Waals surface area contributed by atoms with Crippen LogP contribution in [0.5, 0.6) is 5.75 Å². The van der Waals surface area contributed by atoms with Gasteiger partial charge in [0.1, 0.15) is 5.75 Å². The number of ether oxygens (including phenoxy) is 1. The fraction of sp³-hybridized carbons (Fsp3) is 0.133. The summed E-state index contributed by atoms with van der Waals surface area (Å²) in [6.07, 6.45) is 0. The van der Waals surface area contributed by atoms with E-state index in [9.17, 15) is 13.6 Å². The first-order valence-corrected chi connectivity index (χ1v) is 7.45. The lowest BCUT2D eigenvalue weighted by atomic mass is 10.2. The Labute approximate surface area is 135 Å². The lowest BCUT2D eigenvalue weighted by Crippen LogP contribution is -2.14. The van der Waals surface area contributed by atoms with Crippen LogP contribution in [0, 0.1) is 0 Å². The van der Waals surface area contributed by atoms with Crippen LogP contribution in [-0.4, -0.2) is 18.8 Å². The van der Waals surface area contributed by atoms with Gasteiger partial charge in [0.25, 0.3) is 11.7 Å². The summed E-state index contributed by atoms with van der Waals surface area (Å²) in [5.74, 6) is -2.71. The fourth-order valence-electron chi connectivity index (χ4n) is 1.82. The topological polar surface area (TPSA) is 38.3 Å². The predicted octanol–water partition coefficient (Wildman–Crippen LogP) is 4.92. The van der Waals surface area contributed by atoms with E-state index in [4.69, 9.17) is 16.3 Å². The molecule has 0 bridgehead atoms. The minimum atomic E-state index is -2.57. The second-order valence-corrected chi connectivity index (χ2v) is 5.64. The van der Waals surface area contributed by atoms with Crippen LogP contribution in [0.1, 0.15) is 10.4 Å². The van der Waals surface area contributed by atoms with E-state index in [2.05, 4.69) is 5.32 Å². The molecule has 0 aromatic heterocycles. The minimum Gasteiger partial charge on any atom is -0.496 e. The smallest absolute Gasteiger partial charge is 0.288 e. The third-order valence-corrected chi connectivity index (χ3v) is 3.78. The van der Waals surface area contributed by atoms with Crippen molar-refractivity contribution in [1.29, 1.82) is 0 Å². The number of carbonyl (C=O) groups excluding carboxylic acids is 1. The Morgan fingerprint density at radius 2 is 2.00 bits per heavy atom. The van der Waals surface area contributed by atoms with Crippen LogP contribution >= 0.6 is 23.4 Å². The Hall–Kier alpha value is -1.79. The number of halogens is 3. The SMILES string of the molecule is COc1ccc(Cl)cc1C(=O)Nc1ccccc1SC(F)F. The van der Waals surface area contributed by atoms with Crippen molar-refractivity contribution in [2.24, 2.45) is 0 Å². The Bertz CT molecular complexity index is 682. The zero-order valence-electron chi connectivity index (χ0n) is 11.5. The van der Waals surface area contributed by atoms with Gasteiger partial charge in [-0.25, -0.2) is 0 Å². The molecule has 0 aliphatic heterocycles. The van der Waals surface area contributed by atoms with Gasteiger partial charge in [0.2, 0.25) is 0 Å². The van der Waals surface area contributed by atoms with E-state index in [0.717, 1.165) is 0 Å². The summed E-state index contributed by atoms with van der Waals surface area (Å²) in [6, 6.07) is 11.0. The maximum Gasteiger partial charge on any atom is 0.288 e. The number of thioether (sulfide) groups is 1. The summed E-state index contributed by atoms with van der Waals surface area (Å²) in [6.45, 7) is 0. The second kappa shape index (κ2) is 7.47. The van der Waals surface area contributed by atoms with Crippen LogP contribution < -0.4 is 10.1 Å². The van der Waals surface area contributed by atoms with Crippen molar-refractivity contribution < 1.29 is 18.3 Å². The maximum atomic E-state index is 12.5. The highest BCUT2D eigenvalue weighted by Gasteiger charge is 2.16. The zero-order valence-corrected chi connectivity index (χ0v) is 13.0. The quantitative estimate of drug-likeness (QED) is 0.783. The summed E-state index contributed by atoms with van der Waals surface area (Å²) in [7, 11) is 1.43. The Kier molecular flexibility index (Phi) is 5.63. The molecule has 0 unspecified atom stereocenters. The van der Waals surface area contributed by atoms with Gasteiger partial charge in [-0.2, -0.15) is 8.78 Å². The number of hydrogen-bond acceptors (Lipinski definition) is 3. The number of alkyl halides is 2. The highest BCUT2D eigenvalue weighted by Crippen LogP contribution is 2.32. The number of anilines is 1. The molecule has 0 saturated carbocycles. The van der Waals surface area contributed by atoms with E-state index in [1.54, 1.807) is 30.3 Å². The monoisotopic (exact) mass is 343 g/mol. The van der Waals surface area contributed by atoms with Crippen molar-refractivity contribution in [3.63, 3.8) is 0 Å². The van der Waals surface area contributed by atoms with Crippen LogP contribution in [0.15, 0.2) is 47.4 Å². The van der Waals surface area contributed by atoms with Crippen molar-refractivity contribution in [3.8, 4) is 5.75 Å². The molecule has 0 spiro atoms. The summed E-state index contributed by atoms with van der Waals surface area (Å²) < 4.78 is 30.2. The molecule has 0 atom stereocenters. The fourth-order valence-corrected chi connectivity index (χ4v) is 2.58. The number of carbonyl (C=O) groups is 1. The second-order valence-electron chi connectivity index (χ2n) is 4.17. The Balaban J connectivity index is 2.28. The number of benzene rings is 2. The van der Waals surface area contributed by atoms with Crippen molar-refractivity contribution in [1.82, 2.24) is 0 Å². The Morgan fingerprint density at radius 3 is 2.68 bits per heavy atom. The van der Waals surface area contributed by atoms with Crippen LogP contribution in [0.4, 0.5) is 14.5 Å². The van der Waals surface area contributed by atoms with Gasteiger partial charge in [0.05, 0.1) is 18.4 Å². The Morgan fingerprint density at radius 1 is 1.27 bits per heavy atom. The number of hydrogen-bond donors (Lipinski definition) is 1. The highest BCUT2D eigenvalue weighted by molar-refractivity contribution is 7.99. The summed E-state index contributed by atoms with van der Waals surface area (Å²) in [5.41, 5.74) is 0.534. The van der Waals surface area contributed by atoms with E-state index < -0.39 is 11.7 Å². The molecule has 0 aliphatic carbocycles. The number of amides is 1. The van der Waals surface area contributed by atoms with Gasteiger partial charge in [-0.15, -0.1) is 0 Å². The molecule has 0 saturated heterocycles. The van der Waals surface area contributed by atoms with Crippen LogP contribution in [-0.2, 0) is 0 Å². The normalized spacial score (nSPS) is 10.6. The molecule has 116 valence electrons. The molecular formula is C15H12ClF2NO2S. The van der Waals surface area contributed by atoms with Gasteiger partial charge < -0.3 is 10.1 Å². The predicted molar refractivity (Wildman–Crippen MR) is 84.3 cm³/mol. The van der Waals surface area contributed by atoms with Gasteiger partial charge >= 0.3 is 0 Å². The number of nitrogens with one attached hydrogen (secondary N) is 1. The number of methoxy groups -OCH3 is 1. The molecule has 1 amide bonds. The van der Waals surface area contributed by atoms with Gasteiger partial charge in [0.15, 0.2) is 0 Å². The number of rotatable bonds is 5. The molecule has 22 heavy (non-hydrogen) atoms. The van der Waals surface area contributed by atoms with E-state index in [0.29, 0.717) is 28.2 Å². The average Bonchev–Trinajstić information content (AvgIpc) is 2.48. The first-order valence-electron chi connectivity index (χ1n) is 6.20. The minimum absolute atomic E-state index is 0.229. The molecule has 0 aliphatic rings. The number of para-hydroxylation sites is 1. The standard InChI is InChI=1S/C15H12ClF2NO2S/c1-21-12-7-6-9(16)8-10(12)14(20)19-11-4-2-3-5-13(11)22-15(17)18/h2-8,15H,1H3,(H,19,20). The summed E-state index contributed by atoms with van der Waals surface area (Å²) in [4.78, 5) is 12.6. The molecular weight excluding hydrogens is 332 g/mol. The van der Waals surface area contributed by atoms with Crippen LogP contribution in [0.2, 0.25) is 5.02 Å². The van der Waals surface area contributed by atoms with Crippen molar-refractivity contribution in [2.75, 3.05) is 12.4 Å². The van der Waals surface area contributed by atoms with E-state index in [-0.39, 0.29) is 10.5 Å². The van der Waals surface area contributed by atoms with E-state index in [1.807, 2.05) is 0 Å². The molecule has 0 heterocycles. The molecule has 1 N–H and O–H groups in total. The first-order chi connectivity index (χ1) is 10.5. The van der Waals surface area contributed by atoms with Crippen molar-refractivity contribution >= 4 is 35.0 Å². The molecule has 2 aromatic rings. The van der Waals surface area contributed by atoms with Gasteiger partial charge in [-0.3, -0.25) is 4.79 Å². The molecule has 0 fully saturated rings.